The van der Waals surface area contributed by atoms with E-state index in [2.05, 4.69) is 20.6 Å². The summed E-state index contributed by atoms with van der Waals surface area (Å²) in [6.45, 7) is 8.01. The summed E-state index contributed by atoms with van der Waals surface area (Å²) in [5, 5.41) is 15.2. The zero-order valence-electron chi connectivity index (χ0n) is 25.5. The monoisotopic (exact) mass is 607 g/mol. The predicted octanol–water partition coefficient (Wildman–Crippen LogP) is 5.53. The van der Waals surface area contributed by atoms with Crippen molar-refractivity contribution in [2.75, 3.05) is 38.7 Å². The molecule has 2 N–H and O–H groups in total. The van der Waals surface area contributed by atoms with Crippen LogP contribution in [-0.4, -0.2) is 75.8 Å². The van der Waals surface area contributed by atoms with Crippen molar-refractivity contribution in [1.82, 2.24) is 29.8 Å². The SMILES string of the molecule is CCC(C)C(=O)n1cc(-c2nn(-c3ccccc3)c(NC(=O)N[C@@H]3CN(CCOC)C[C@H]3C3C=C(F)C(F)=CC3)c2C)cn1. The molecule has 0 bridgehead atoms. The van der Waals surface area contributed by atoms with Gasteiger partial charge in [0.15, 0.2) is 11.7 Å². The number of ether oxygens (including phenoxy) is 1. The minimum Gasteiger partial charge on any atom is -0.383 e. The number of hydrogen-bond acceptors (Lipinski definition) is 6. The molecule has 2 unspecified atom stereocenters. The third-order valence-corrected chi connectivity index (χ3v) is 8.55. The topological polar surface area (TPSA) is 106 Å². The minimum absolute atomic E-state index is 0.104. The van der Waals surface area contributed by atoms with Crippen molar-refractivity contribution in [1.29, 1.82) is 0 Å². The molecule has 2 aliphatic rings. The molecule has 0 saturated carbocycles. The third-order valence-electron chi connectivity index (χ3n) is 8.55. The highest BCUT2D eigenvalue weighted by molar-refractivity contribution is 5.91. The van der Waals surface area contributed by atoms with E-state index >= 15 is 0 Å². The van der Waals surface area contributed by atoms with Crippen LogP contribution in [0.4, 0.5) is 19.4 Å². The molecule has 1 aliphatic heterocycles. The van der Waals surface area contributed by atoms with Crippen LogP contribution in [0.3, 0.4) is 0 Å². The van der Waals surface area contributed by atoms with Gasteiger partial charge in [-0.05, 0) is 55.9 Å². The molecule has 1 fully saturated rings. The maximum absolute atomic E-state index is 14.2. The van der Waals surface area contributed by atoms with Gasteiger partial charge in [-0.15, -0.1) is 0 Å². The Hall–Kier alpha value is -4.16. The minimum atomic E-state index is -0.858. The van der Waals surface area contributed by atoms with E-state index in [4.69, 9.17) is 9.84 Å². The third kappa shape index (κ3) is 6.66. The molecule has 2 amide bonds. The summed E-state index contributed by atoms with van der Waals surface area (Å²) in [6.07, 6.45) is 6.93. The molecule has 0 radical (unpaired) electrons. The molecule has 0 spiro atoms. The molecule has 5 rings (SSSR count). The lowest BCUT2D eigenvalue weighted by Gasteiger charge is -2.27. The Balaban J connectivity index is 1.41. The lowest BCUT2D eigenvalue weighted by atomic mass is 9.83. The van der Waals surface area contributed by atoms with Gasteiger partial charge >= 0.3 is 6.03 Å². The first kappa shape index (κ1) is 31.3. The van der Waals surface area contributed by atoms with Crippen LogP contribution in [0.1, 0.15) is 37.0 Å². The number of allylic oxidation sites excluding steroid dienone is 4. The first-order chi connectivity index (χ1) is 21.2. The molecular weight excluding hydrogens is 568 g/mol. The van der Waals surface area contributed by atoms with E-state index in [1.807, 2.05) is 51.1 Å². The van der Waals surface area contributed by atoms with Crippen molar-refractivity contribution in [3.8, 4) is 16.9 Å². The van der Waals surface area contributed by atoms with Gasteiger partial charge in [0.05, 0.1) is 18.5 Å². The highest BCUT2D eigenvalue weighted by atomic mass is 19.2. The fourth-order valence-corrected chi connectivity index (χ4v) is 5.82. The Kier molecular flexibility index (Phi) is 9.70. The van der Waals surface area contributed by atoms with Gasteiger partial charge in [-0.3, -0.25) is 15.0 Å². The van der Waals surface area contributed by atoms with Crippen LogP contribution >= 0.6 is 0 Å². The van der Waals surface area contributed by atoms with Crippen LogP contribution in [0, 0.1) is 24.7 Å². The van der Waals surface area contributed by atoms with Crippen molar-refractivity contribution < 1.29 is 23.1 Å². The van der Waals surface area contributed by atoms with E-state index in [9.17, 15) is 18.4 Å². The summed E-state index contributed by atoms with van der Waals surface area (Å²) in [4.78, 5) is 28.5. The van der Waals surface area contributed by atoms with Crippen LogP contribution in [0.15, 0.2) is 66.5 Å². The average Bonchev–Trinajstić information content (AvgIpc) is 3.75. The second-order valence-electron chi connectivity index (χ2n) is 11.5. The number of anilines is 1. The Morgan fingerprint density at radius 3 is 2.64 bits per heavy atom. The fourth-order valence-electron chi connectivity index (χ4n) is 5.82. The van der Waals surface area contributed by atoms with Gasteiger partial charge in [0.1, 0.15) is 11.5 Å². The number of halogens is 2. The maximum atomic E-state index is 14.2. The Morgan fingerprint density at radius 1 is 1.16 bits per heavy atom. The van der Waals surface area contributed by atoms with Crippen LogP contribution in [0.2, 0.25) is 0 Å². The molecule has 2 aromatic heterocycles. The number of nitrogens with zero attached hydrogens (tertiary/aromatic N) is 5. The molecule has 3 aromatic rings. The average molecular weight is 608 g/mol. The van der Waals surface area contributed by atoms with Gasteiger partial charge in [0.25, 0.3) is 0 Å². The molecule has 234 valence electrons. The summed E-state index contributed by atoms with van der Waals surface area (Å²) in [5.74, 6) is -1.90. The number of para-hydroxylation sites is 1. The summed E-state index contributed by atoms with van der Waals surface area (Å²) in [7, 11) is 1.63. The van der Waals surface area contributed by atoms with Crippen molar-refractivity contribution >= 4 is 17.8 Å². The number of hydrogen-bond donors (Lipinski definition) is 2. The second-order valence-corrected chi connectivity index (χ2v) is 11.5. The standard InChI is InChI=1S/C32H39F2N7O3/c1-5-20(2)31(42)40-17-23(16-35-40)29-21(3)30(41(38-29)24-9-7-6-8-10-24)37-32(43)36-28-19-39(13-14-44-4)18-25(28)22-11-12-26(33)27(34)15-22/h6-10,12,15-17,20,22,25,28H,5,11,13-14,18-19H2,1-4H3,(H2,36,37,43)/t20?,22?,25-,28+/m0/s1. The largest absolute Gasteiger partial charge is 0.383 e. The molecule has 44 heavy (non-hydrogen) atoms. The molecule has 3 heterocycles. The first-order valence-corrected chi connectivity index (χ1v) is 15.0. The number of carbonyl (C=O) groups excluding carboxylic acids is 2. The van der Waals surface area contributed by atoms with E-state index in [0.717, 1.165) is 5.69 Å². The van der Waals surface area contributed by atoms with Crippen molar-refractivity contribution in [3.63, 3.8) is 0 Å². The zero-order chi connectivity index (χ0) is 31.4. The van der Waals surface area contributed by atoms with Crippen LogP contribution < -0.4 is 10.6 Å². The highest BCUT2D eigenvalue weighted by Crippen LogP contribution is 2.35. The van der Waals surface area contributed by atoms with Gasteiger partial charge in [0.2, 0.25) is 5.91 Å². The lowest BCUT2D eigenvalue weighted by Crippen LogP contribution is -2.45. The predicted molar refractivity (Wildman–Crippen MR) is 164 cm³/mol. The molecule has 1 aliphatic carbocycles. The summed E-state index contributed by atoms with van der Waals surface area (Å²) >= 11 is 0. The summed E-state index contributed by atoms with van der Waals surface area (Å²) in [5.41, 5.74) is 2.66. The maximum Gasteiger partial charge on any atom is 0.320 e. The van der Waals surface area contributed by atoms with Crippen LogP contribution in [-0.2, 0) is 4.74 Å². The number of urea groups is 1. The Morgan fingerprint density at radius 2 is 1.93 bits per heavy atom. The number of methoxy groups -OCH3 is 1. The van der Waals surface area contributed by atoms with Crippen LogP contribution in [0.5, 0.6) is 0 Å². The van der Waals surface area contributed by atoms with Gasteiger partial charge in [-0.2, -0.15) is 10.2 Å². The Labute approximate surface area is 255 Å². The van der Waals surface area contributed by atoms with Crippen LogP contribution in [0.25, 0.3) is 16.9 Å². The van der Waals surface area contributed by atoms with Crippen molar-refractivity contribution in [2.24, 2.45) is 17.8 Å². The van der Waals surface area contributed by atoms with Gasteiger partial charge in [0, 0.05) is 56.0 Å². The smallest absolute Gasteiger partial charge is 0.320 e. The number of rotatable bonds is 10. The molecule has 4 atom stereocenters. The van der Waals surface area contributed by atoms with E-state index < -0.39 is 17.7 Å². The zero-order valence-corrected chi connectivity index (χ0v) is 25.5. The lowest BCUT2D eigenvalue weighted by molar-refractivity contribution is 0.0825. The highest BCUT2D eigenvalue weighted by Gasteiger charge is 2.39. The number of carbonyl (C=O) groups is 2. The summed E-state index contributed by atoms with van der Waals surface area (Å²) in [6, 6.07) is 8.66. The van der Waals surface area contributed by atoms with E-state index in [1.165, 1.54) is 16.8 Å². The number of nitrogens with one attached hydrogen (secondary N) is 2. The van der Waals surface area contributed by atoms with E-state index in [0.29, 0.717) is 61.7 Å². The second kappa shape index (κ2) is 13.6. The van der Waals surface area contributed by atoms with Crippen molar-refractivity contribution in [2.45, 2.75) is 39.7 Å². The van der Waals surface area contributed by atoms with Gasteiger partial charge < -0.3 is 10.1 Å². The van der Waals surface area contributed by atoms with Crippen molar-refractivity contribution in [3.05, 3.63) is 72.1 Å². The number of aromatic nitrogens is 4. The first-order valence-electron chi connectivity index (χ1n) is 15.0. The normalized spacial score (nSPS) is 21.1. The Bertz CT molecular complexity index is 1550. The number of likely N-dealkylation sites (tertiary alicyclic amines) is 1. The van der Waals surface area contributed by atoms with E-state index in [1.54, 1.807) is 24.2 Å². The molecular formula is C32H39F2N7O3. The molecule has 1 saturated heterocycles. The quantitative estimate of drug-likeness (QED) is 0.314. The number of benzene rings is 1. The molecule has 12 heteroatoms. The van der Waals surface area contributed by atoms with E-state index in [-0.39, 0.29) is 29.7 Å². The number of amides is 2. The van der Waals surface area contributed by atoms with Gasteiger partial charge in [-0.1, -0.05) is 32.0 Å². The fraction of sp³-hybridized carbons (Fsp3) is 0.438. The van der Waals surface area contributed by atoms with Gasteiger partial charge in [-0.25, -0.2) is 22.9 Å². The molecule has 10 nitrogen and oxygen atoms in total. The summed E-state index contributed by atoms with van der Waals surface area (Å²) < 4.78 is 36.2. The molecule has 1 aromatic carbocycles.